The van der Waals surface area contributed by atoms with Crippen LogP contribution in [0.1, 0.15) is 50.3 Å². The first-order valence-corrected chi connectivity index (χ1v) is 11.2. The van der Waals surface area contributed by atoms with Gasteiger partial charge in [-0.3, -0.25) is 0 Å². The van der Waals surface area contributed by atoms with Crippen LogP contribution in [0.4, 0.5) is 9.59 Å². The molecule has 0 radical (unpaired) electrons. The molecule has 4 rings (SSSR count). The molecule has 9 nitrogen and oxygen atoms in total. The van der Waals surface area contributed by atoms with E-state index in [9.17, 15) is 9.59 Å². The van der Waals surface area contributed by atoms with Crippen molar-refractivity contribution in [1.82, 2.24) is 24.6 Å². The second-order valence-electron chi connectivity index (χ2n) is 9.32. The van der Waals surface area contributed by atoms with E-state index in [1.54, 1.807) is 9.80 Å². The lowest BCUT2D eigenvalue weighted by molar-refractivity contribution is 0.0253. The maximum atomic E-state index is 12.5. The minimum atomic E-state index is -0.522. The first kappa shape index (κ1) is 22.1. The van der Waals surface area contributed by atoms with Gasteiger partial charge in [-0.2, -0.15) is 0 Å². The number of carbonyl (C=O) groups excluding carboxylic acids is 2. The Morgan fingerprint density at radius 3 is 2.53 bits per heavy atom. The first-order chi connectivity index (χ1) is 15.3. The van der Waals surface area contributed by atoms with Gasteiger partial charge in [0.25, 0.3) is 0 Å². The lowest BCUT2D eigenvalue weighted by atomic mass is 10.1. The van der Waals surface area contributed by atoms with Gasteiger partial charge in [0.15, 0.2) is 0 Å². The molecule has 2 aromatic rings. The number of benzene rings is 1. The smallest absolute Gasteiger partial charge is 0.410 e. The van der Waals surface area contributed by atoms with Crippen LogP contribution in [-0.2, 0) is 29.0 Å². The van der Waals surface area contributed by atoms with Crippen molar-refractivity contribution in [3.05, 3.63) is 47.5 Å². The summed E-state index contributed by atoms with van der Waals surface area (Å²) in [6.45, 7) is 8.77. The number of hydrogen-bond acceptors (Lipinski definition) is 6. The van der Waals surface area contributed by atoms with Gasteiger partial charge in [0.2, 0.25) is 0 Å². The number of aromatic nitrogens is 3. The van der Waals surface area contributed by atoms with E-state index in [2.05, 4.69) is 14.8 Å². The average Bonchev–Trinajstić information content (AvgIpc) is 3.33. The van der Waals surface area contributed by atoms with E-state index >= 15 is 0 Å². The summed E-state index contributed by atoms with van der Waals surface area (Å²) in [7, 11) is 0. The standard InChI is InChI=1S/C23H31N5O4/c1-23(2,3)32-22(30)26-12-10-19-24-25-20(28(19)14-13-26)18-9-11-27(15-18)21(29)31-16-17-7-5-4-6-8-17/h4-8,18H,9-16H2,1-3H3/t18-/m0/s1. The highest BCUT2D eigenvalue weighted by molar-refractivity contribution is 5.68. The van der Waals surface area contributed by atoms with Crippen molar-refractivity contribution in [2.45, 2.75) is 58.3 Å². The number of hydrogen-bond donors (Lipinski definition) is 0. The molecule has 1 aromatic heterocycles. The SMILES string of the molecule is CC(C)(C)OC(=O)N1CCc2nnc([C@H]3CCN(C(=O)OCc4ccccc4)C3)n2CC1. The first-order valence-electron chi connectivity index (χ1n) is 11.2. The molecule has 2 aliphatic rings. The predicted molar refractivity (Wildman–Crippen MR) is 117 cm³/mol. The highest BCUT2D eigenvalue weighted by Gasteiger charge is 2.33. The molecule has 0 bridgehead atoms. The molecule has 1 atom stereocenters. The molecule has 0 spiro atoms. The molecular formula is C23H31N5O4. The van der Waals surface area contributed by atoms with Crippen molar-refractivity contribution < 1.29 is 19.1 Å². The molecular weight excluding hydrogens is 410 g/mol. The van der Waals surface area contributed by atoms with E-state index in [0.717, 1.165) is 23.6 Å². The summed E-state index contributed by atoms with van der Waals surface area (Å²) in [4.78, 5) is 28.4. The summed E-state index contributed by atoms with van der Waals surface area (Å²) in [5, 5.41) is 8.81. The molecule has 0 N–H and O–H groups in total. The molecule has 2 amide bonds. The molecule has 0 aliphatic carbocycles. The van der Waals surface area contributed by atoms with Crippen LogP contribution in [0.25, 0.3) is 0 Å². The van der Waals surface area contributed by atoms with E-state index in [1.807, 2.05) is 51.1 Å². The lowest BCUT2D eigenvalue weighted by Gasteiger charge is -2.26. The average molecular weight is 442 g/mol. The van der Waals surface area contributed by atoms with Gasteiger partial charge < -0.3 is 23.8 Å². The highest BCUT2D eigenvalue weighted by atomic mass is 16.6. The molecule has 0 saturated carbocycles. The van der Waals surface area contributed by atoms with Gasteiger partial charge in [0, 0.05) is 45.1 Å². The van der Waals surface area contributed by atoms with Crippen LogP contribution in [-0.4, -0.2) is 68.5 Å². The number of amides is 2. The number of likely N-dealkylation sites (tertiary alicyclic amines) is 1. The third kappa shape index (κ3) is 5.20. The van der Waals surface area contributed by atoms with Crippen LogP contribution in [0.15, 0.2) is 30.3 Å². The van der Waals surface area contributed by atoms with Crippen molar-refractivity contribution in [3.8, 4) is 0 Å². The van der Waals surface area contributed by atoms with Gasteiger partial charge in [0.1, 0.15) is 23.9 Å². The maximum absolute atomic E-state index is 12.5. The molecule has 1 saturated heterocycles. The molecule has 3 heterocycles. The van der Waals surface area contributed by atoms with Crippen molar-refractivity contribution >= 4 is 12.2 Å². The molecule has 1 fully saturated rings. The predicted octanol–water partition coefficient (Wildman–Crippen LogP) is 3.20. The minimum Gasteiger partial charge on any atom is -0.445 e. The highest BCUT2D eigenvalue weighted by Crippen LogP contribution is 2.28. The fraction of sp³-hybridized carbons (Fsp3) is 0.565. The van der Waals surface area contributed by atoms with E-state index in [1.165, 1.54) is 0 Å². The Balaban J connectivity index is 1.34. The minimum absolute atomic E-state index is 0.105. The Hall–Kier alpha value is -3.10. The monoisotopic (exact) mass is 441 g/mol. The Kier molecular flexibility index (Phi) is 6.34. The van der Waals surface area contributed by atoms with Crippen molar-refractivity contribution in [3.63, 3.8) is 0 Å². The summed E-state index contributed by atoms with van der Waals surface area (Å²) < 4.78 is 13.1. The molecule has 9 heteroatoms. The number of nitrogens with zero attached hydrogens (tertiary/aromatic N) is 5. The lowest BCUT2D eigenvalue weighted by Crippen LogP contribution is -2.38. The quantitative estimate of drug-likeness (QED) is 0.727. The van der Waals surface area contributed by atoms with E-state index in [-0.39, 0.29) is 24.7 Å². The van der Waals surface area contributed by atoms with E-state index in [0.29, 0.717) is 39.1 Å². The van der Waals surface area contributed by atoms with Crippen molar-refractivity contribution in [2.24, 2.45) is 0 Å². The fourth-order valence-corrected chi connectivity index (χ4v) is 4.10. The number of carbonyl (C=O) groups is 2. The summed E-state index contributed by atoms with van der Waals surface area (Å²) in [5.41, 5.74) is 0.445. The molecule has 2 aliphatic heterocycles. The normalized spacial score (nSPS) is 18.8. The van der Waals surface area contributed by atoms with Crippen LogP contribution in [0.2, 0.25) is 0 Å². The second-order valence-corrected chi connectivity index (χ2v) is 9.32. The summed E-state index contributed by atoms with van der Waals surface area (Å²) in [6.07, 6.45) is 0.838. The Labute approximate surface area is 188 Å². The zero-order chi connectivity index (χ0) is 22.7. The topological polar surface area (TPSA) is 89.8 Å². The summed E-state index contributed by atoms with van der Waals surface area (Å²) >= 11 is 0. The number of rotatable bonds is 3. The zero-order valence-corrected chi connectivity index (χ0v) is 19.0. The number of ether oxygens (including phenoxy) is 2. The van der Waals surface area contributed by atoms with Crippen LogP contribution < -0.4 is 0 Å². The van der Waals surface area contributed by atoms with Crippen LogP contribution >= 0.6 is 0 Å². The van der Waals surface area contributed by atoms with Crippen LogP contribution in [0.5, 0.6) is 0 Å². The van der Waals surface area contributed by atoms with Crippen molar-refractivity contribution in [2.75, 3.05) is 26.2 Å². The van der Waals surface area contributed by atoms with Gasteiger partial charge in [-0.05, 0) is 32.8 Å². The summed E-state index contributed by atoms with van der Waals surface area (Å²) in [6, 6.07) is 9.66. The second kappa shape index (κ2) is 9.18. The third-order valence-electron chi connectivity index (χ3n) is 5.72. The van der Waals surface area contributed by atoms with Crippen LogP contribution in [0, 0.1) is 0 Å². The Morgan fingerprint density at radius 1 is 1.00 bits per heavy atom. The Morgan fingerprint density at radius 2 is 1.78 bits per heavy atom. The van der Waals surface area contributed by atoms with Gasteiger partial charge in [-0.1, -0.05) is 30.3 Å². The Bertz CT molecular complexity index is 953. The molecule has 0 unspecified atom stereocenters. The van der Waals surface area contributed by atoms with Gasteiger partial charge in [0.05, 0.1) is 0 Å². The fourth-order valence-electron chi connectivity index (χ4n) is 4.10. The third-order valence-corrected chi connectivity index (χ3v) is 5.72. The van der Waals surface area contributed by atoms with E-state index < -0.39 is 5.60 Å². The number of fused-ring (bicyclic) bond motifs is 1. The van der Waals surface area contributed by atoms with Gasteiger partial charge in [-0.15, -0.1) is 10.2 Å². The molecule has 32 heavy (non-hydrogen) atoms. The largest absolute Gasteiger partial charge is 0.445 e. The summed E-state index contributed by atoms with van der Waals surface area (Å²) in [5.74, 6) is 1.86. The molecule has 172 valence electrons. The maximum Gasteiger partial charge on any atom is 0.410 e. The van der Waals surface area contributed by atoms with Crippen LogP contribution in [0.3, 0.4) is 0 Å². The van der Waals surface area contributed by atoms with Crippen molar-refractivity contribution in [1.29, 1.82) is 0 Å². The van der Waals surface area contributed by atoms with E-state index in [4.69, 9.17) is 9.47 Å². The zero-order valence-electron chi connectivity index (χ0n) is 19.0. The van der Waals surface area contributed by atoms with Gasteiger partial charge in [-0.25, -0.2) is 9.59 Å². The van der Waals surface area contributed by atoms with Gasteiger partial charge >= 0.3 is 12.2 Å². The molecule has 1 aromatic carbocycles.